The van der Waals surface area contributed by atoms with E-state index in [1.807, 2.05) is 13.8 Å². The lowest BCUT2D eigenvalue weighted by molar-refractivity contribution is 0.0779. The van der Waals surface area contributed by atoms with Crippen LogP contribution < -0.4 is 0 Å². The lowest BCUT2D eigenvalue weighted by Gasteiger charge is -2.24. The van der Waals surface area contributed by atoms with Crippen LogP contribution in [0.15, 0.2) is 65.6 Å². The van der Waals surface area contributed by atoms with Crippen LogP contribution in [0.3, 0.4) is 0 Å². The topological polar surface area (TPSA) is 77.9 Å². The maximum atomic E-state index is 13.6. The van der Waals surface area contributed by atoms with Crippen molar-refractivity contribution >= 4 is 39.1 Å². The van der Waals surface area contributed by atoms with Gasteiger partial charge < -0.3 is 10.0 Å². The number of hydrogen-bond acceptors (Lipinski definition) is 4. The SMILES string of the molecule is CC(C)CN(C)C(=O)c1ccc(CN(Cc2ccc(F)cc2)S(=O)(=O)c2cc(Cl)cc(Cl)c2O)cc1. The molecule has 192 valence electrons. The van der Waals surface area contributed by atoms with Crippen LogP contribution in [0.25, 0.3) is 0 Å². The Hall–Kier alpha value is -2.65. The second-order valence-corrected chi connectivity index (χ2v) is 11.7. The average molecular weight is 553 g/mol. The summed E-state index contributed by atoms with van der Waals surface area (Å²) in [5.74, 6) is -0.876. The lowest BCUT2D eigenvalue weighted by atomic mass is 10.1. The smallest absolute Gasteiger partial charge is 0.253 e. The Morgan fingerprint density at radius 2 is 1.50 bits per heavy atom. The number of aromatic hydroxyl groups is 1. The second kappa shape index (κ2) is 11.6. The molecule has 3 aromatic rings. The molecule has 0 aliphatic rings. The van der Waals surface area contributed by atoms with Crippen molar-refractivity contribution in [1.82, 2.24) is 9.21 Å². The number of rotatable bonds is 9. The molecule has 0 radical (unpaired) electrons. The van der Waals surface area contributed by atoms with Gasteiger partial charge in [0.15, 0.2) is 5.75 Å². The first-order valence-corrected chi connectivity index (χ1v) is 13.3. The summed E-state index contributed by atoms with van der Waals surface area (Å²) in [4.78, 5) is 13.9. The van der Waals surface area contributed by atoms with Crippen LogP contribution in [-0.4, -0.2) is 42.2 Å². The number of phenols is 1. The molecule has 1 amide bonds. The molecule has 0 heterocycles. The number of nitrogens with zero attached hydrogens (tertiary/aromatic N) is 2. The Balaban J connectivity index is 1.95. The summed E-state index contributed by atoms with van der Waals surface area (Å²) in [6.07, 6.45) is 0. The maximum Gasteiger partial charge on any atom is 0.253 e. The minimum atomic E-state index is -4.29. The Morgan fingerprint density at radius 1 is 0.972 bits per heavy atom. The highest BCUT2D eigenvalue weighted by atomic mass is 35.5. The monoisotopic (exact) mass is 552 g/mol. The van der Waals surface area contributed by atoms with E-state index in [4.69, 9.17) is 23.2 Å². The highest BCUT2D eigenvalue weighted by molar-refractivity contribution is 7.89. The molecule has 0 aromatic heterocycles. The molecular weight excluding hydrogens is 526 g/mol. The van der Waals surface area contributed by atoms with Crippen molar-refractivity contribution < 1.29 is 22.7 Å². The number of phenolic OH excluding ortho intramolecular Hbond substituents is 1. The number of benzene rings is 3. The van der Waals surface area contributed by atoms with E-state index in [1.54, 1.807) is 36.2 Å². The highest BCUT2D eigenvalue weighted by Crippen LogP contribution is 2.36. The predicted octanol–water partition coefficient (Wildman–Crippen LogP) is 5.96. The van der Waals surface area contributed by atoms with E-state index in [0.29, 0.717) is 29.2 Å². The number of amides is 1. The molecule has 3 aromatic carbocycles. The summed E-state index contributed by atoms with van der Waals surface area (Å²) < 4.78 is 41.8. The molecule has 36 heavy (non-hydrogen) atoms. The molecule has 0 spiro atoms. The molecule has 0 fully saturated rings. The Bertz CT molecular complexity index is 1330. The van der Waals surface area contributed by atoms with Crippen LogP contribution in [0.5, 0.6) is 5.75 Å². The molecule has 0 aliphatic carbocycles. The Kier molecular flexibility index (Phi) is 9.00. The van der Waals surface area contributed by atoms with Crippen molar-refractivity contribution in [1.29, 1.82) is 0 Å². The van der Waals surface area contributed by atoms with Crippen molar-refractivity contribution in [3.8, 4) is 5.75 Å². The van der Waals surface area contributed by atoms with Crippen molar-refractivity contribution in [3.05, 3.63) is 93.2 Å². The van der Waals surface area contributed by atoms with Crippen LogP contribution in [0.1, 0.15) is 35.3 Å². The quantitative estimate of drug-likeness (QED) is 0.355. The molecule has 1 N–H and O–H groups in total. The summed E-state index contributed by atoms with van der Waals surface area (Å²) in [7, 11) is -2.56. The zero-order valence-electron chi connectivity index (χ0n) is 20.1. The van der Waals surface area contributed by atoms with Gasteiger partial charge in [-0.3, -0.25) is 4.79 Å². The third kappa shape index (κ3) is 6.76. The van der Waals surface area contributed by atoms with Gasteiger partial charge in [0.25, 0.3) is 5.91 Å². The molecule has 6 nitrogen and oxygen atoms in total. The molecule has 0 saturated carbocycles. The fourth-order valence-corrected chi connectivity index (χ4v) is 5.87. The van der Waals surface area contributed by atoms with Crippen LogP contribution in [-0.2, 0) is 23.1 Å². The molecule has 0 atom stereocenters. The summed E-state index contributed by atoms with van der Waals surface area (Å²) in [5.41, 5.74) is 1.63. The van der Waals surface area contributed by atoms with Crippen LogP contribution in [0.4, 0.5) is 4.39 Å². The highest BCUT2D eigenvalue weighted by Gasteiger charge is 2.29. The first kappa shape index (κ1) is 27.9. The standard InChI is InChI=1S/C26H27Cl2FN2O4S/c1-17(2)14-30(3)26(33)20-8-4-18(5-9-20)15-31(16-19-6-10-22(29)11-7-19)36(34,35)24-13-21(27)12-23(28)25(24)32/h4-13,17,32H,14-16H2,1-3H3. The van der Waals surface area contributed by atoms with Gasteiger partial charge in [0.2, 0.25) is 10.0 Å². The third-order valence-electron chi connectivity index (χ3n) is 5.43. The van der Waals surface area contributed by atoms with E-state index in [0.717, 1.165) is 10.4 Å². The summed E-state index contributed by atoms with van der Waals surface area (Å²) >= 11 is 12.0. The van der Waals surface area contributed by atoms with Crippen molar-refractivity contribution in [2.75, 3.05) is 13.6 Å². The van der Waals surface area contributed by atoms with Crippen LogP contribution in [0.2, 0.25) is 10.0 Å². The van der Waals surface area contributed by atoms with Gasteiger partial charge in [-0.25, -0.2) is 12.8 Å². The summed E-state index contributed by atoms with van der Waals surface area (Å²) in [6, 6.07) is 14.4. The minimum Gasteiger partial charge on any atom is -0.505 e. The molecule has 0 unspecified atom stereocenters. The molecular formula is C26H27Cl2FN2O4S. The summed E-state index contributed by atoms with van der Waals surface area (Å²) in [6.45, 7) is 4.46. The van der Waals surface area contributed by atoms with Crippen molar-refractivity contribution in [2.45, 2.75) is 31.8 Å². The number of sulfonamides is 1. The number of hydrogen-bond donors (Lipinski definition) is 1. The molecule has 3 rings (SSSR count). The van der Waals surface area contributed by atoms with Gasteiger partial charge in [-0.2, -0.15) is 4.31 Å². The molecule has 0 saturated heterocycles. The van der Waals surface area contributed by atoms with Gasteiger partial charge in [0, 0.05) is 37.3 Å². The zero-order valence-corrected chi connectivity index (χ0v) is 22.4. The number of carbonyl (C=O) groups is 1. The lowest BCUT2D eigenvalue weighted by Crippen LogP contribution is -2.31. The van der Waals surface area contributed by atoms with Crippen molar-refractivity contribution in [2.24, 2.45) is 5.92 Å². The Morgan fingerprint density at radius 3 is 2.03 bits per heavy atom. The van der Waals surface area contributed by atoms with Gasteiger partial charge in [-0.15, -0.1) is 0 Å². The van der Waals surface area contributed by atoms with E-state index in [1.165, 1.54) is 30.3 Å². The van der Waals surface area contributed by atoms with E-state index < -0.39 is 26.5 Å². The van der Waals surface area contributed by atoms with Gasteiger partial charge in [-0.1, -0.05) is 61.3 Å². The number of halogens is 3. The van der Waals surface area contributed by atoms with Gasteiger partial charge in [0.1, 0.15) is 10.7 Å². The normalized spacial score (nSPS) is 11.8. The van der Waals surface area contributed by atoms with Gasteiger partial charge >= 0.3 is 0 Å². The van der Waals surface area contributed by atoms with E-state index in [9.17, 15) is 22.7 Å². The predicted molar refractivity (Wildman–Crippen MR) is 139 cm³/mol. The van der Waals surface area contributed by atoms with E-state index in [-0.39, 0.29) is 29.0 Å². The molecule has 10 heteroatoms. The van der Waals surface area contributed by atoms with Crippen LogP contribution >= 0.6 is 23.2 Å². The number of carbonyl (C=O) groups excluding carboxylic acids is 1. The Labute approximate surface area is 220 Å². The average Bonchev–Trinajstić information content (AvgIpc) is 2.81. The first-order valence-electron chi connectivity index (χ1n) is 11.2. The zero-order chi connectivity index (χ0) is 26.6. The largest absolute Gasteiger partial charge is 0.505 e. The fourth-order valence-electron chi connectivity index (χ4n) is 3.70. The van der Waals surface area contributed by atoms with E-state index in [2.05, 4.69) is 0 Å². The fraction of sp³-hybridized carbons (Fsp3) is 0.269. The first-order chi connectivity index (χ1) is 16.9. The molecule has 0 aliphatic heterocycles. The maximum absolute atomic E-state index is 13.6. The second-order valence-electron chi connectivity index (χ2n) is 8.91. The minimum absolute atomic E-state index is 0.0477. The summed E-state index contributed by atoms with van der Waals surface area (Å²) in [5, 5.41) is 10.2. The van der Waals surface area contributed by atoms with Crippen LogP contribution in [0, 0.1) is 11.7 Å². The molecule has 0 bridgehead atoms. The van der Waals surface area contributed by atoms with Crippen molar-refractivity contribution in [3.63, 3.8) is 0 Å². The third-order valence-corrected chi connectivity index (χ3v) is 7.74. The van der Waals surface area contributed by atoms with Gasteiger partial charge in [-0.05, 0) is 53.4 Å². The van der Waals surface area contributed by atoms with Gasteiger partial charge in [0.05, 0.1) is 5.02 Å². The van der Waals surface area contributed by atoms with E-state index >= 15 is 0 Å².